The largest absolute Gasteiger partial charge is 0.465 e. The van der Waals surface area contributed by atoms with E-state index in [-0.39, 0.29) is 11.9 Å². The molecular formula is C11H22N2O3. The van der Waals surface area contributed by atoms with E-state index in [4.69, 9.17) is 10.5 Å². The van der Waals surface area contributed by atoms with Crippen LogP contribution in [0.1, 0.15) is 34.1 Å². The molecule has 0 aliphatic carbocycles. The molecule has 0 saturated carbocycles. The predicted octanol–water partition coefficient (Wildman–Crippen LogP) is 0.428. The highest BCUT2D eigenvalue weighted by Crippen LogP contribution is 2.05. The van der Waals surface area contributed by atoms with Crippen molar-refractivity contribution < 1.29 is 14.3 Å². The first-order valence-electron chi connectivity index (χ1n) is 5.65. The average Bonchev–Trinajstić information content (AvgIpc) is 2.18. The molecule has 5 heteroatoms. The number of primary amides is 1. The summed E-state index contributed by atoms with van der Waals surface area (Å²) in [6.45, 7) is 7.69. The second-order valence-electron chi connectivity index (χ2n) is 4.00. The van der Waals surface area contributed by atoms with Gasteiger partial charge in [0.25, 0.3) is 0 Å². The Morgan fingerprint density at radius 1 is 1.31 bits per heavy atom. The highest BCUT2D eigenvalue weighted by atomic mass is 16.5. The van der Waals surface area contributed by atoms with Gasteiger partial charge in [-0.3, -0.25) is 14.9 Å². The number of hydrogen-bond donors (Lipinski definition) is 2. The Hall–Kier alpha value is -1.10. The Kier molecular flexibility index (Phi) is 6.72. The number of ether oxygens (including phenoxy) is 1. The molecule has 2 atom stereocenters. The summed E-state index contributed by atoms with van der Waals surface area (Å²) in [5, 5.41) is 2.94. The van der Waals surface area contributed by atoms with Gasteiger partial charge < -0.3 is 10.5 Å². The van der Waals surface area contributed by atoms with Gasteiger partial charge in [0, 0.05) is 0 Å². The smallest absolute Gasteiger partial charge is 0.323 e. The lowest BCUT2D eigenvalue weighted by atomic mass is 10.0. The molecule has 0 saturated heterocycles. The Morgan fingerprint density at radius 3 is 2.19 bits per heavy atom. The number of nitrogens with one attached hydrogen (secondary N) is 1. The summed E-state index contributed by atoms with van der Waals surface area (Å²) < 4.78 is 4.90. The van der Waals surface area contributed by atoms with E-state index in [1.165, 1.54) is 0 Å². The van der Waals surface area contributed by atoms with Crippen LogP contribution in [0.25, 0.3) is 0 Å². The maximum absolute atomic E-state index is 11.5. The van der Waals surface area contributed by atoms with E-state index in [0.717, 1.165) is 0 Å². The van der Waals surface area contributed by atoms with Crippen LogP contribution in [0.5, 0.6) is 0 Å². The molecule has 0 aromatic heterocycles. The van der Waals surface area contributed by atoms with E-state index in [2.05, 4.69) is 5.32 Å². The Balaban J connectivity index is 4.49. The number of nitrogens with two attached hydrogens (primary N) is 1. The van der Waals surface area contributed by atoms with Gasteiger partial charge in [-0.05, 0) is 19.3 Å². The minimum atomic E-state index is -0.505. The first kappa shape index (κ1) is 14.9. The van der Waals surface area contributed by atoms with Crippen LogP contribution in [-0.4, -0.2) is 30.6 Å². The average molecular weight is 230 g/mol. The van der Waals surface area contributed by atoms with Crippen LogP contribution in [0.15, 0.2) is 0 Å². The van der Waals surface area contributed by atoms with Gasteiger partial charge in [-0.15, -0.1) is 0 Å². The maximum atomic E-state index is 11.5. The standard InChI is InChI=1S/C11H22N2O3/c1-5-8(11(15)16-6-2)13-9(7(3)4)10(12)14/h7-9,13H,5-6H2,1-4H3,(H2,12,14). The van der Waals surface area contributed by atoms with Crippen LogP contribution in [0.2, 0.25) is 0 Å². The van der Waals surface area contributed by atoms with Crippen molar-refractivity contribution in [1.29, 1.82) is 0 Å². The third-order valence-corrected chi connectivity index (χ3v) is 2.33. The molecule has 5 nitrogen and oxygen atoms in total. The molecule has 2 unspecified atom stereocenters. The number of carbonyl (C=O) groups is 2. The zero-order valence-electron chi connectivity index (χ0n) is 10.4. The van der Waals surface area contributed by atoms with E-state index >= 15 is 0 Å². The number of hydrogen-bond acceptors (Lipinski definition) is 4. The van der Waals surface area contributed by atoms with E-state index < -0.39 is 18.0 Å². The number of carbonyl (C=O) groups excluding carboxylic acids is 2. The lowest BCUT2D eigenvalue weighted by Gasteiger charge is -2.24. The van der Waals surface area contributed by atoms with Crippen LogP contribution < -0.4 is 11.1 Å². The van der Waals surface area contributed by atoms with E-state index in [0.29, 0.717) is 13.0 Å². The molecule has 3 N–H and O–H groups in total. The Bertz CT molecular complexity index is 241. The minimum Gasteiger partial charge on any atom is -0.465 e. The number of esters is 1. The Labute approximate surface area is 96.7 Å². The first-order valence-corrected chi connectivity index (χ1v) is 5.65. The summed E-state index contributed by atoms with van der Waals surface area (Å²) in [5.41, 5.74) is 5.26. The molecule has 0 aromatic carbocycles. The predicted molar refractivity (Wildman–Crippen MR) is 61.7 cm³/mol. The van der Waals surface area contributed by atoms with Gasteiger partial charge in [-0.1, -0.05) is 20.8 Å². The third-order valence-electron chi connectivity index (χ3n) is 2.33. The summed E-state index contributed by atoms with van der Waals surface area (Å²) in [7, 11) is 0. The SMILES string of the molecule is CCOC(=O)C(CC)NC(C(N)=O)C(C)C. The molecule has 1 amide bonds. The van der Waals surface area contributed by atoms with Gasteiger partial charge in [0.1, 0.15) is 6.04 Å². The van der Waals surface area contributed by atoms with Gasteiger partial charge in [0.15, 0.2) is 0 Å². The molecule has 16 heavy (non-hydrogen) atoms. The van der Waals surface area contributed by atoms with E-state index in [1.54, 1.807) is 6.92 Å². The first-order chi connectivity index (χ1) is 7.43. The molecule has 0 aliphatic rings. The van der Waals surface area contributed by atoms with Gasteiger partial charge >= 0.3 is 5.97 Å². The fourth-order valence-electron chi connectivity index (χ4n) is 1.42. The van der Waals surface area contributed by atoms with Gasteiger partial charge in [-0.25, -0.2) is 0 Å². The highest BCUT2D eigenvalue weighted by molar-refractivity contribution is 5.82. The number of rotatable bonds is 7. The fraction of sp³-hybridized carbons (Fsp3) is 0.818. The summed E-state index contributed by atoms with van der Waals surface area (Å²) in [6, 6.07) is -0.978. The van der Waals surface area contributed by atoms with Gasteiger partial charge in [-0.2, -0.15) is 0 Å². The molecular weight excluding hydrogens is 208 g/mol. The molecule has 0 rings (SSSR count). The quantitative estimate of drug-likeness (QED) is 0.621. The van der Waals surface area contributed by atoms with Crippen molar-refractivity contribution in [2.24, 2.45) is 11.7 Å². The van der Waals surface area contributed by atoms with Crippen molar-refractivity contribution in [2.45, 2.75) is 46.2 Å². The van der Waals surface area contributed by atoms with Crippen molar-refractivity contribution in [3.8, 4) is 0 Å². The summed E-state index contributed by atoms with van der Waals surface area (Å²) >= 11 is 0. The summed E-state index contributed by atoms with van der Waals surface area (Å²) in [4.78, 5) is 22.7. The van der Waals surface area contributed by atoms with Crippen molar-refractivity contribution in [2.75, 3.05) is 6.61 Å². The van der Waals surface area contributed by atoms with Crippen molar-refractivity contribution in [3.05, 3.63) is 0 Å². The molecule has 0 fully saturated rings. The van der Waals surface area contributed by atoms with Crippen molar-refractivity contribution in [1.82, 2.24) is 5.32 Å². The van der Waals surface area contributed by atoms with E-state index in [1.807, 2.05) is 20.8 Å². The zero-order valence-corrected chi connectivity index (χ0v) is 10.4. The van der Waals surface area contributed by atoms with Crippen LogP contribution in [0.3, 0.4) is 0 Å². The molecule has 0 spiro atoms. The lowest BCUT2D eigenvalue weighted by molar-refractivity contribution is -0.146. The monoisotopic (exact) mass is 230 g/mol. The molecule has 0 aliphatic heterocycles. The normalized spacial score (nSPS) is 14.6. The minimum absolute atomic E-state index is 0.0426. The van der Waals surface area contributed by atoms with Crippen molar-refractivity contribution >= 4 is 11.9 Å². The molecule has 0 heterocycles. The summed E-state index contributed by atoms with van der Waals surface area (Å²) in [6.07, 6.45) is 0.565. The number of amides is 1. The molecule has 0 aromatic rings. The molecule has 0 bridgehead atoms. The van der Waals surface area contributed by atoms with Crippen LogP contribution >= 0.6 is 0 Å². The lowest BCUT2D eigenvalue weighted by Crippen LogP contribution is -2.52. The fourth-order valence-corrected chi connectivity index (χ4v) is 1.42. The van der Waals surface area contributed by atoms with Crippen LogP contribution in [0, 0.1) is 5.92 Å². The van der Waals surface area contributed by atoms with Gasteiger partial charge in [0.2, 0.25) is 5.91 Å². The Morgan fingerprint density at radius 2 is 1.88 bits per heavy atom. The molecule has 94 valence electrons. The van der Waals surface area contributed by atoms with Crippen LogP contribution in [0.4, 0.5) is 0 Å². The molecule has 0 radical (unpaired) electrons. The van der Waals surface area contributed by atoms with Gasteiger partial charge in [0.05, 0.1) is 12.6 Å². The zero-order chi connectivity index (χ0) is 12.7. The van der Waals surface area contributed by atoms with Crippen LogP contribution in [-0.2, 0) is 14.3 Å². The summed E-state index contributed by atoms with van der Waals surface area (Å²) in [5.74, 6) is -0.740. The highest BCUT2D eigenvalue weighted by Gasteiger charge is 2.26. The maximum Gasteiger partial charge on any atom is 0.323 e. The van der Waals surface area contributed by atoms with Crippen molar-refractivity contribution in [3.63, 3.8) is 0 Å². The second-order valence-corrected chi connectivity index (χ2v) is 4.00. The topological polar surface area (TPSA) is 81.4 Å². The second kappa shape index (κ2) is 7.22. The third kappa shape index (κ3) is 4.61. The van der Waals surface area contributed by atoms with E-state index in [9.17, 15) is 9.59 Å².